The van der Waals surface area contributed by atoms with Gasteiger partial charge in [-0.25, -0.2) is 0 Å². The van der Waals surface area contributed by atoms with Crippen molar-refractivity contribution in [2.75, 3.05) is 20.8 Å². The molecule has 1 aliphatic rings. The van der Waals surface area contributed by atoms with Crippen LogP contribution >= 0.6 is 0 Å². The van der Waals surface area contributed by atoms with Gasteiger partial charge in [0.1, 0.15) is 17.2 Å². The number of fused-ring (bicyclic) bond motifs is 1. The van der Waals surface area contributed by atoms with E-state index in [1.54, 1.807) is 25.2 Å². The van der Waals surface area contributed by atoms with E-state index >= 15 is 0 Å². The lowest BCUT2D eigenvalue weighted by atomic mass is 9.86. The molecular formula is C31H26F3NO4. The van der Waals surface area contributed by atoms with Crippen molar-refractivity contribution in [1.29, 1.82) is 0 Å². The number of carbonyl (C=O) groups is 1. The summed E-state index contributed by atoms with van der Waals surface area (Å²) in [6.07, 6.45) is -4.25. The fraction of sp³-hybridized carbons (Fsp3) is 0.194. The van der Waals surface area contributed by atoms with E-state index in [0.717, 1.165) is 39.9 Å². The summed E-state index contributed by atoms with van der Waals surface area (Å²) in [5.41, 5.74) is 5.10. The predicted molar refractivity (Wildman–Crippen MR) is 141 cm³/mol. The molecule has 1 heterocycles. The molecule has 0 spiro atoms. The number of rotatable bonds is 6. The largest absolute Gasteiger partial charge is 0.573 e. The molecule has 0 radical (unpaired) electrons. The third-order valence-electron chi connectivity index (χ3n) is 6.79. The van der Waals surface area contributed by atoms with E-state index in [1.807, 2.05) is 60.7 Å². The van der Waals surface area contributed by atoms with E-state index in [0.29, 0.717) is 24.5 Å². The summed E-state index contributed by atoms with van der Waals surface area (Å²) >= 11 is 0. The Bertz CT molecular complexity index is 1440. The monoisotopic (exact) mass is 533 g/mol. The summed E-state index contributed by atoms with van der Waals surface area (Å²) in [5.74, 6) is 0.552. The number of nitrogens with zero attached hydrogens (tertiary/aromatic N) is 1. The molecule has 1 aliphatic heterocycles. The Morgan fingerprint density at radius 3 is 2.10 bits per heavy atom. The van der Waals surface area contributed by atoms with Crippen LogP contribution in [0.2, 0.25) is 0 Å². The first-order valence-corrected chi connectivity index (χ1v) is 12.3. The molecule has 4 aromatic carbocycles. The average molecular weight is 534 g/mol. The molecule has 4 aromatic rings. The van der Waals surface area contributed by atoms with Gasteiger partial charge in [-0.2, -0.15) is 0 Å². The number of carbonyl (C=O) groups excluding carboxylic acids is 1. The summed E-state index contributed by atoms with van der Waals surface area (Å²) in [6.45, 7) is 0.397. The lowest BCUT2D eigenvalue weighted by Gasteiger charge is -2.39. The third kappa shape index (κ3) is 5.55. The number of alkyl halides is 3. The van der Waals surface area contributed by atoms with Crippen LogP contribution < -0.4 is 14.2 Å². The van der Waals surface area contributed by atoms with Gasteiger partial charge < -0.3 is 19.1 Å². The zero-order valence-corrected chi connectivity index (χ0v) is 21.4. The molecule has 5 nitrogen and oxygen atoms in total. The van der Waals surface area contributed by atoms with Crippen LogP contribution in [0.25, 0.3) is 11.1 Å². The smallest absolute Gasteiger partial charge is 0.497 e. The maximum absolute atomic E-state index is 13.8. The second-order valence-electron chi connectivity index (χ2n) is 9.11. The minimum absolute atomic E-state index is 0.256. The van der Waals surface area contributed by atoms with Crippen LogP contribution in [0.1, 0.15) is 33.1 Å². The molecule has 0 saturated carbocycles. The van der Waals surface area contributed by atoms with E-state index in [-0.39, 0.29) is 17.2 Å². The first-order chi connectivity index (χ1) is 18.8. The Morgan fingerprint density at radius 1 is 0.821 bits per heavy atom. The molecule has 200 valence electrons. The van der Waals surface area contributed by atoms with E-state index in [1.165, 1.54) is 12.1 Å². The van der Waals surface area contributed by atoms with Gasteiger partial charge in [0.25, 0.3) is 5.91 Å². The molecule has 0 saturated heterocycles. The second kappa shape index (κ2) is 10.7. The minimum Gasteiger partial charge on any atom is -0.497 e. The molecule has 39 heavy (non-hydrogen) atoms. The van der Waals surface area contributed by atoms with Gasteiger partial charge in [0, 0.05) is 23.7 Å². The van der Waals surface area contributed by atoms with Crippen LogP contribution in [-0.4, -0.2) is 37.9 Å². The molecule has 0 fully saturated rings. The lowest BCUT2D eigenvalue weighted by Crippen LogP contribution is -2.40. The highest BCUT2D eigenvalue weighted by atomic mass is 19.4. The van der Waals surface area contributed by atoms with Crippen molar-refractivity contribution in [3.05, 3.63) is 113 Å². The lowest BCUT2D eigenvalue weighted by molar-refractivity contribution is -0.274. The normalized spacial score (nSPS) is 14.9. The van der Waals surface area contributed by atoms with Gasteiger partial charge >= 0.3 is 6.36 Å². The standard InChI is InChI=1S/C31H26F3NO4/c1-37-26-18-24-16-17-35(30(36)23-12-14-25(15-13-23)39-31(32,33)34)29(28(24)27(19-26)38-2)22-10-8-21(9-11-22)20-6-4-3-5-7-20/h3-15,18-19,29H,16-17H2,1-2H3. The van der Waals surface area contributed by atoms with Crippen molar-refractivity contribution in [3.8, 4) is 28.4 Å². The average Bonchev–Trinajstić information content (AvgIpc) is 2.95. The maximum atomic E-state index is 13.8. The quantitative estimate of drug-likeness (QED) is 0.266. The van der Waals surface area contributed by atoms with Crippen molar-refractivity contribution in [1.82, 2.24) is 4.90 Å². The first-order valence-electron chi connectivity index (χ1n) is 12.3. The van der Waals surface area contributed by atoms with Crippen molar-refractivity contribution in [2.24, 2.45) is 0 Å². The second-order valence-corrected chi connectivity index (χ2v) is 9.11. The number of ether oxygens (including phenoxy) is 3. The summed E-state index contributed by atoms with van der Waals surface area (Å²) in [6, 6.07) is 26.2. The van der Waals surface area contributed by atoms with Crippen LogP contribution in [-0.2, 0) is 6.42 Å². The van der Waals surface area contributed by atoms with Crippen molar-refractivity contribution in [2.45, 2.75) is 18.8 Å². The molecule has 8 heteroatoms. The number of amides is 1. The third-order valence-corrected chi connectivity index (χ3v) is 6.79. The molecule has 5 rings (SSSR count). The fourth-order valence-corrected chi connectivity index (χ4v) is 5.00. The zero-order chi connectivity index (χ0) is 27.6. The van der Waals surface area contributed by atoms with E-state index < -0.39 is 12.4 Å². The Kier molecular flexibility index (Phi) is 7.19. The molecular weight excluding hydrogens is 507 g/mol. The van der Waals surface area contributed by atoms with Gasteiger partial charge in [-0.15, -0.1) is 13.2 Å². The molecule has 1 unspecified atom stereocenters. The van der Waals surface area contributed by atoms with E-state index in [9.17, 15) is 18.0 Å². The van der Waals surface area contributed by atoms with Gasteiger partial charge in [0.15, 0.2) is 0 Å². The van der Waals surface area contributed by atoms with Crippen molar-refractivity contribution >= 4 is 5.91 Å². The van der Waals surface area contributed by atoms with Crippen LogP contribution in [0.15, 0.2) is 91.0 Å². The van der Waals surface area contributed by atoms with Gasteiger partial charge in [-0.1, -0.05) is 54.6 Å². The topological polar surface area (TPSA) is 48.0 Å². The van der Waals surface area contributed by atoms with Crippen LogP contribution in [0.4, 0.5) is 13.2 Å². The van der Waals surface area contributed by atoms with E-state index in [2.05, 4.69) is 4.74 Å². The number of benzene rings is 4. The van der Waals surface area contributed by atoms with Gasteiger partial charge in [0.05, 0.1) is 20.3 Å². The molecule has 1 amide bonds. The summed E-state index contributed by atoms with van der Waals surface area (Å²) in [7, 11) is 3.16. The highest BCUT2D eigenvalue weighted by molar-refractivity contribution is 5.95. The molecule has 0 aromatic heterocycles. The Balaban J connectivity index is 1.56. The number of hydrogen-bond donors (Lipinski definition) is 0. The summed E-state index contributed by atoms with van der Waals surface area (Å²) < 4.78 is 53.0. The number of halogens is 3. The molecule has 1 atom stereocenters. The Morgan fingerprint density at radius 2 is 1.49 bits per heavy atom. The first kappa shape index (κ1) is 26.2. The molecule has 0 aliphatic carbocycles. The Hall–Kier alpha value is -4.46. The highest BCUT2D eigenvalue weighted by Gasteiger charge is 2.36. The van der Waals surface area contributed by atoms with Gasteiger partial charge in [-0.3, -0.25) is 4.79 Å². The van der Waals surface area contributed by atoms with Crippen molar-refractivity contribution < 1.29 is 32.2 Å². The van der Waals surface area contributed by atoms with Gasteiger partial charge in [-0.05, 0) is 59.0 Å². The van der Waals surface area contributed by atoms with Crippen LogP contribution in [0, 0.1) is 0 Å². The van der Waals surface area contributed by atoms with E-state index in [4.69, 9.17) is 9.47 Å². The number of hydrogen-bond acceptors (Lipinski definition) is 4. The minimum atomic E-state index is -4.81. The van der Waals surface area contributed by atoms with Crippen LogP contribution in [0.5, 0.6) is 17.2 Å². The van der Waals surface area contributed by atoms with Gasteiger partial charge in [0.2, 0.25) is 0 Å². The molecule has 0 bridgehead atoms. The number of methoxy groups -OCH3 is 2. The maximum Gasteiger partial charge on any atom is 0.573 e. The SMILES string of the molecule is COc1cc2c(c(OC)c1)C(c1ccc(-c3ccccc3)cc1)N(C(=O)c1ccc(OC(F)(F)F)cc1)CC2. The predicted octanol–water partition coefficient (Wildman–Crippen LogP) is 7.06. The highest BCUT2D eigenvalue weighted by Crippen LogP contribution is 2.43. The Labute approximate surface area is 224 Å². The molecule has 0 N–H and O–H groups in total. The zero-order valence-electron chi connectivity index (χ0n) is 21.4. The van der Waals surface area contributed by atoms with Crippen LogP contribution in [0.3, 0.4) is 0 Å². The fourth-order valence-electron chi connectivity index (χ4n) is 5.00. The summed E-state index contributed by atoms with van der Waals surface area (Å²) in [4.78, 5) is 15.5. The summed E-state index contributed by atoms with van der Waals surface area (Å²) in [5, 5.41) is 0. The van der Waals surface area contributed by atoms with Crippen molar-refractivity contribution in [3.63, 3.8) is 0 Å².